The van der Waals surface area contributed by atoms with Crippen molar-refractivity contribution in [3.8, 4) is 11.5 Å². The van der Waals surface area contributed by atoms with Gasteiger partial charge in [-0.05, 0) is 96.9 Å². The van der Waals surface area contributed by atoms with Crippen molar-refractivity contribution in [1.82, 2.24) is 9.80 Å². The lowest BCUT2D eigenvalue weighted by Gasteiger charge is -2.60. The third kappa shape index (κ3) is 10.4. The number of unbranched alkanes of at least 4 members (excludes halogenated alkanes) is 2. The molecule has 0 aromatic heterocycles. The van der Waals surface area contributed by atoms with E-state index in [1.807, 2.05) is 30.3 Å². The zero-order chi connectivity index (χ0) is 44.3. The van der Waals surface area contributed by atoms with Gasteiger partial charge in [0.15, 0.2) is 0 Å². The van der Waals surface area contributed by atoms with Crippen LogP contribution in [0, 0.1) is 17.8 Å². The highest BCUT2D eigenvalue weighted by atomic mass is 16.8. The summed E-state index contributed by atoms with van der Waals surface area (Å²) >= 11 is 0. The molecule has 1 amide bonds. The van der Waals surface area contributed by atoms with Gasteiger partial charge in [0.1, 0.15) is 24.1 Å². The molecule has 3 aliphatic heterocycles. The van der Waals surface area contributed by atoms with Gasteiger partial charge >= 0.3 is 6.09 Å². The minimum Gasteiger partial charge on any atom is -0.492 e. The van der Waals surface area contributed by atoms with Gasteiger partial charge in [-0.1, -0.05) is 78.7 Å². The molecule has 12 heteroatoms. The van der Waals surface area contributed by atoms with Crippen LogP contribution in [0.25, 0.3) is 10.8 Å². The Hall–Kier alpha value is -4.72. The second kappa shape index (κ2) is 22.0. The lowest BCUT2D eigenvalue weighted by molar-refractivity contribution is -0.256. The fraction of sp³-hybridized carbons (Fsp3) is 0.538. The van der Waals surface area contributed by atoms with Crippen LogP contribution in [0.4, 0.5) is 4.79 Å². The predicted molar refractivity (Wildman–Crippen MR) is 247 cm³/mol. The Morgan fingerprint density at radius 2 is 1.80 bits per heavy atom. The van der Waals surface area contributed by atoms with Crippen LogP contribution in [0.2, 0.25) is 0 Å². The molecule has 2 N–H and O–H groups in total. The first-order valence-corrected chi connectivity index (χ1v) is 23.7. The Morgan fingerprint density at radius 1 is 0.969 bits per heavy atom. The number of nitrogens with zero attached hydrogens (tertiary/aromatic N) is 3. The summed E-state index contributed by atoms with van der Waals surface area (Å²) in [6, 6.07) is 19.7. The van der Waals surface area contributed by atoms with Crippen molar-refractivity contribution >= 4 is 22.6 Å². The highest BCUT2D eigenvalue weighted by Gasteiger charge is 2.66. The van der Waals surface area contributed by atoms with E-state index in [9.17, 15) is 15.0 Å². The number of rotatable bonds is 23. The number of amides is 1. The molecular formula is C52H67N3O9. The highest BCUT2D eigenvalue weighted by Crippen LogP contribution is 2.62. The first-order valence-electron chi connectivity index (χ1n) is 23.7. The lowest BCUT2D eigenvalue weighted by atomic mass is 9.55. The number of carbonyl (C=O) groups is 1. The van der Waals surface area contributed by atoms with Crippen LogP contribution in [0.5, 0.6) is 11.5 Å². The largest absolute Gasteiger partial charge is 0.492 e. The molecule has 344 valence electrons. The Labute approximate surface area is 378 Å². The number of carbonyl (C=O) groups excluding carboxylic acids is 1. The summed E-state index contributed by atoms with van der Waals surface area (Å²) in [6.07, 6.45) is 13.0. The predicted octanol–water partition coefficient (Wildman–Crippen LogP) is 8.91. The summed E-state index contributed by atoms with van der Waals surface area (Å²) in [5, 5.41) is 27.1. The standard InChI is InChI=1S/C52H67N3O9/c1-3-5-30-61-51(58)55(36-39-18-14-17-37-15-6-7-19-41(37)39)47-35-45(53-64-48-21-10-13-31-60-48)43-33-38(16-8-11-27-56)42(20-9-12-28-57)49-44-34-40(59-32-26-54-24-25-54)22-23-46(44)63-52(47,50(43)49)62-29-4-2/h3-4,6-7,14-15,17-19,22-23,33-34,38,42,47-50,56-57H,1-2,5,8-13,16,20-21,24-32,35-36H2/t38-,42+,47-,48?,49+,50+,52+/m0/s1. The first kappa shape index (κ1) is 45.8. The molecule has 2 saturated heterocycles. The lowest BCUT2D eigenvalue weighted by Crippen LogP contribution is -2.70. The average Bonchev–Trinajstić information content (AvgIpc) is 4.16. The van der Waals surface area contributed by atoms with Gasteiger partial charge in [0.25, 0.3) is 0 Å². The van der Waals surface area contributed by atoms with E-state index in [2.05, 4.69) is 54.5 Å². The number of aliphatic hydroxyl groups excluding tert-OH is 2. The summed E-state index contributed by atoms with van der Waals surface area (Å²) in [5.41, 5.74) is 3.66. The number of oxime groups is 1. The van der Waals surface area contributed by atoms with Gasteiger partial charge in [-0.25, -0.2) is 4.79 Å². The van der Waals surface area contributed by atoms with E-state index < -0.39 is 30.1 Å². The molecule has 1 unspecified atom stereocenters. The molecule has 0 bridgehead atoms. The topological polar surface area (TPSA) is 132 Å². The molecule has 0 spiro atoms. The Morgan fingerprint density at radius 3 is 2.58 bits per heavy atom. The number of benzene rings is 3. The third-order valence-electron chi connectivity index (χ3n) is 13.7. The maximum atomic E-state index is 15.0. The summed E-state index contributed by atoms with van der Waals surface area (Å²) in [4.78, 5) is 25.4. The van der Waals surface area contributed by atoms with E-state index >= 15 is 0 Å². The summed E-state index contributed by atoms with van der Waals surface area (Å²) < 4.78 is 33.3. The SMILES string of the molecule is C=CCCOC(=O)N(Cc1cccc2ccccc12)[C@H]1CC(=NOC2CCCCO2)C2=C[C@H](CCCCO)[C@@H](CCCCO)[C@@H]3c4cc(OCCN5CC5)ccc4O[C@@]1(OCC=C)[C@H]23. The van der Waals surface area contributed by atoms with Gasteiger partial charge in [0.2, 0.25) is 12.1 Å². The molecule has 1 saturated carbocycles. The third-order valence-corrected chi connectivity index (χ3v) is 13.7. The highest BCUT2D eigenvalue weighted by molar-refractivity contribution is 6.03. The number of hydrogen-bond donors (Lipinski definition) is 2. The number of ether oxygens (including phenoxy) is 5. The number of fused-ring (bicyclic) bond motifs is 3. The van der Waals surface area contributed by atoms with Crippen LogP contribution >= 0.6 is 0 Å². The molecule has 3 heterocycles. The summed E-state index contributed by atoms with van der Waals surface area (Å²) in [6.45, 7) is 13.0. The van der Waals surface area contributed by atoms with E-state index in [4.69, 9.17) is 33.7 Å². The number of aliphatic hydroxyl groups is 2. The maximum Gasteiger partial charge on any atom is 0.410 e. The molecule has 3 fully saturated rings. The van der Waals surface area contributed by atoms with E-state index in [-0.39, 0.29) is 57.1 Å². The molecule has 8 rings (SSSR count). The second-order valence-corrected chi connectivity index (χ2v) is 17.8. The van der Waals surface area contributed by atoms with Crippen molar-refractivity contribution < 1.29 is 43.5 Å². The zero-order valence-electron chi connectivity index (χ0n) is 37.3. The smallest absolute Gasteiger partial charge is 0.410 e. The van der Waals surface area contributed by atoms with Crippen LogP contribution in [-0.2, 0) is 25.6 Å². The van der Waals surface area contributed by atoms with Crippen LogP contribution in [-0.4, -0.2) is 109 Å². The van der Waals surface area contributed by atoms with Crippen molar-refractivity contribution in [3.05, 3.63) is 109 Å². The van der Waals surface area contributed by atoms with Gasteiger partial charge < -0.3 is 38.7 Å². The molecule has 5 aliphatic rings. The van der Waals surface area contributed by atoms with Crippen molar-refractivity contribution in [3.63, 3.8) is 0 Å². The molecule has 64 heavy (non-hydrogen) atoms. The monoisotopic (exact) mass is 877 g/mol. The van der Waals surface area contributed by atoms with Crippen LogP contribution in [0.3, 0.4) is 0 Å². The van der Waals surface area contributed by atoms with Gasteiger partial charge in [0, 0.05) is 57.2 Å². The summed E-state index contributed by atoms with van der Waals surface area (Å²) in [5.74, 6) is -0.466. The van der Waals surface area contributed by atoms with Gasteiger partial charge in [-0.15, -0.1) is 13.2 Å². The molecular weight excluding hydrogens is 811 g/mol. The fourth-order valence-electron chi connectivity index (χ4n) is 10.5. The maximum absolute atomic E-state index is 15.0. The van der Waals surface area contributed by atoms with Crippen LogP contribution in [0.1, 0.15) is 87.7 Å². The molecule has 2 aliphatic carbocycles. The molecule has 3 aromatic carbocycles. The molecule has 0 radical (unpaired) electrons. The van der Waals surface area contributed by atoms with E-state index in [1.54, 1.807) is 17.1 Å². The van der Waals surface area contributed by atoms with Crippen molar-refractivity contribution in [1.29, 1.82) is 0 Å². The number of allylic oxidation sites excluding steroid dienone is 1. The van der Waals surface area contributed by atoms with E-state index in [0.717, 1.165) is 97.8 Å². The Kier molecular flexibility index (Phi) is 15.7. The zero-order valence-corrected chi connectivity index (χ0v) is 37.3. The van der Waals surface area contributed by atoms with Crippen molar-refractivity contribution in [2.75, 3.05) is 59.3 Å². The normalized spacial score (nSPS) is 26.5. The van der Waals surface area contributed by atoms with Crippen molar-refractivity contribution in [2.45, 2.75) is 101 Å². The molecule has 12 nitrogen and oxygen atoms in total. The first-order chi connectivity index (χ1) is 31.5. The molecule has 7 atom stereocenters. The second-order valence-electron chi connectivity index (χ2n) is 17.8. The van der Waals surface area contributed by atoms with Crippen LogP contribution < -0.4 is 9.47 Å². The minimum absolute atomic E-state index is 0.0785. The minimum atomic E-state index is -1.44. The van der Waals surface area contributed by atoms with Gasteiger partial charge in [-0.3, -0.25) is 9.80 Å². The molecule has 3 aromatic rings. The van der Waals surface area contributed by atoms with Gasteiger partial charge in [-0.2, -0.15) is 0 Å². The van der Waals surface area contributed by atoms with Gasteiger partial charge in [0.05, 0.1) is 38.0 Å². The van der Waals surface area contributed by atoms with Crippen LogP contribution in [0.15, 0.2) is 103 Å². The Balaban J connectivity index is 1.33. The fourth-order valence-corrected chi connectivity index (χ4v) is 10.5. The van der Waals surface area contributed by atoms with Crippen molar-refractivity contribution in [2.24, 2.45) is 22.9 Å². The number of hydrogen-bond acceptors (Lipinski definition) is 11. The average molecular weight is 878 g/mol. The quantitative estimate of drug-likeness (QED) is 0.0412. The van der Waals surface area contributed by atoms with E-state index in [1.165, 1.54) is 0 Å². The van der Waals surface area contributed by atoms with E-state index in [0.29, 0.717) is 43.9 Å². The summed E-state index contributed by atoms with van der Waals surface area (Å²) in [7, 11) is 0. The Bertz CT molecular complexity index is 2110.